The van der Waals surface area contributed by atoms with Gasteiger partial charge in [-0.2, -0.15) is 0 Å². The van der Waals surface area contributed by atoms with E-state index >= 15 is 0 Å². The first-order valence-electron chi connectivity index (χ1n) is 11.0. The molecule has 8 nitrogen and oxygen atoms in total. The fraction of sp³-hybridized carbons (Fsp3) is 0.636. The van der Waals surface area contributed by atoms with Gasteiger partial charge in [-0.1, -0.05) is 12.8 Å². The summed E-state index contributed by atoms with van der Waals surface area (Å²) in [5, 5.41) is 4.16. The molecule has 3 rings (SSSR count). The number of likely N-dealkylation sites (N-methyl/N-ethyl adjacent to an activating group) is 1. The van der Waals surface area contributed by atoms with Crippen LogP contribution < -0.4 is 21.6 Å². The van der Waals surface area contributed by atoms with E-state index < -0.39 is 6.09 Å². The van der Waals surface area contributed by atoms with Gasteiger partial charge in [0, 0.05) is 13.6 Å². The number of pyridine rings is 1. The van der Waals surface area contributed by atoms with Crippen molar-refractivity contribution < 1.29 is 14.3 Å². The molecule has 0 saturated heterocycles. The van der Waals surface area contributed by atoms with Gasteiger partial charge in [-0.15, -0.1) is 0 Å². The number of carbonyl (C=O) groups is 1. The summed E-state index contributed by atoms with van der Waals surface area (Å²) in [6.07, 6.45) is 9.25. The van der Waals surface area contributed by atoms with E-state index in [-0.39, 0.29) is 12.7 Å². The summed E-state index contributed by atoms with van der Waals surface area (Å²) in [4.78, 5) is 16.6. The number of hydrogen-bond donors (Lipinski definition) is 3. The number of carbonyl (C=O) groups excluding carboxylic acids is 1. The van der Waals surface area contributed by atoms with Crippen LogP contribution in [0.4, 0.5) is 4.79 Å². The molecule has 0 spiro atoms. The minimum Gasteiger partial charge on any atom is -0.489 e. The molecule has 1 heterocycles. The van der Waals surface area contributed by atoms with Crippen LogP contribution in [-0.2, 0) is 4.74 Å². The van der Waals surface area contributed by atoms with Crippen molar-refractivity contribution >= 4 is 11.8 Å². The lowest BCUT2D eigenvalue weighted by Gasteiger charge is -2.25. The third-order valence-corrected chi connectivity index (χ3v) is 6.00. The molecule has 8 heteroatoms. The largest absolute Gasteiger partial charge is 0.489 e. The van der Waals surface area contributed by atoms with E-state index in [9.17, 15) is 4.79 Å². The third-order valence-electron chi connectivity index (χ3n) is 6.00. The number of aromatic nitrogens is 1. The van der Waals surface area contributed by atoms with Crippen LogP contribution in [0.25, 0.3) is 5.70 Å². The van der Waals surface area contributed by atoms with E-state index in [0.29, 0.717) is 29.6 Å². The minimum absolute atomic E-state index is 0.0314. The van der Waals surface area contributed by atoms with Gasteiger partial charge < -0.3 is 25.5 Å². The zero-order valence-electron chi connectivity index (χ0n) is 18.2. The number of hydrogen-bond acceptors (Lipinski definition) is 7. The van der Waals surface area contributed by atoms with Crippen LogP contribution in [0.15, 0.2) is 17.8 Å². The maximum atomic E-state index is 12.0. The van der Waals surface area contributed by atoms with Gasteiger partial charge in [0.1, 0.15) is 12.4 Å². The molecule has 0 unspecified atom stereocenters. The standard InChI is InChI=1S/C22H35N5O3/c1-15-20(30-17-9-4-3-5-10-17)12-11-18(26-15)21(23)19(27(2)24)14-29-22(28)25-13-16-7-6-8-16/h11-12,16-17H,3-10,13-14,23-24H2,1-2H3,(H,25,28)/b21-19-. The number of nitrogens with two attached hydrogens (primary N) is 2. The molecule has 0 radical (unpaired) electrons. The van der Waals surface area contributed by atoms with Gasteiger partial charge in [-0.25, -0.2) is 15.6 Å². The minimum atomic E-state index is -0.464. The first-order valence-corrected chi connectivity index (χ1v) is 11.0. The van der Waals surface area contributed by atoms with Crippen LogP contribution in [0.5, 0.6) is 5.75 Å². The van der Waals surface area contributed by atoms with Gasteiger partial charge in [0.15, 0.2) is 0 Å². The summed E-state index contributed by atoms with van der Waals surface area (Å²) in [5.74, 6) is 7.29. The number of hydrazine groups is 1. The Hall–Kier alpha value is -2.48. The summed E-state index contributed by atoms with van der Waals surface area (Å²) >= 11 is 0. The molecule has 1 amide bonds. The van der Waals surface area contributed by atoms with E-state index in [1.165, 1.54) is 30.7 Å². The van der Waals surface area contributed by atoms with Crippen LogP contribution in [0, 0.1) is 12.8 Å². The van der Waals surface area contributed by atoms with Crippen molar-refractivity contribution in [3.05, 3.63) is 29.2 Å². The average Bonchev–Trinajstić information content (AvgIpc) is 2.69. The Morgan fingerprint density at radius 3 is 2.53 bits per heavy atom. The Balaban J connectivity index is 1.62. The fourth-order valence-corrected chi connectivity index (χ4v) is 3.81. The van der Waals surface area contributed by atoms with Gasteiger partial charge >= 0.3 is 6.09 Å². The van der Waals surface area contributed by atoms with E-state index in [1.54, 1.807) is 7.05 Å². The number of rotatable bonds is 8. The molecule has 166 valence electrons. The van der Waals surface area contributed by atoms with Crippen LogP contribution in [0.2, 0.25) is 0 Å². The van der Waals surface area contributed by atoms with E-state index in [2.05, 4.69) is 10.3 Å². The molecule has 2 aliphatic carbocycles. The molecule has 1 aromatic heterocycles. The number of aryl methyl sites for hydroxylation is 1. The summed E-state index contributed by atoms with van der Waals surface area (Å²) in [6.45, 7) is 2.52. The topological polar surface area (TPSA) is 116 Å². The Kier molecular flexibility index (Phi) is 7.79. The molecule has 2 fully saturated rings. The molecule has 1 aromatic rings. The molecule has 5 N–H and O–H groups in total. The summed E-state index contributed by atoms with van der Waals surface area (Å²) in [7, 11) is 1.66. The quantitative estimate of drug-likeness (QED) is 0.440. The van der Waals surface area contributed by atoms with Crippen molar-refractivity contribution in [1.29, 1.82) is 0 Å². The van der Waals surface area contributed by atoms with Crippen LogP contribution in [0.3, 0.4) is 0 Å². The van der Waals surface area contributed by atoms with Gasteiger partial charge in [0.05, 0.1) is 28.9 Å². The van der Waals surface area contributed by atoms with Crippen molar-refractivity contribution in [2.24, 2.45) is 17.5 Å². The first-order chi connectivity index (χ1) is 14.4. The fourth-order valence-electron chi connectivity index (χ4n) is 3.81. The lowest BCUT2D eigenvalue weighted by Crippen LogP contribution is -2.35. The summed E-state index contributed by atoms with van der Waals surface area (Å²) in [5.41, 5.74) is 8.54. The SMILES string of the molecule is Cc1nc(/C(N)=C(\COC(=O)NCC2CCC2)N(C)N)ccc1OC1CCCCC1. The zero-order chi connectivity index (χ0) is 21.5. The molecular formula is C22H35N5O3. The van der Waals surface area contributed by atoms with Crippen molar-refractivity contribution in [3.8, 4) is 5.75 Å². The monoisotopic (exact) mass is 417 g/mol. The number of ether oxygens (including phenoxy) is 2. The Morgan fingerprint density at radius 1 is 1.20 bits per heavy atom. The van der Waals surface area contributed by atoms with Gasteiger partial charge in [-0.05, 0) is 63.5 Å². The highest BCUT2D eigenvalue weighted by Gasteiger charge is 2.20. The number of alkyl carbamates (subject to hydrolysis) is 1. The Bertz CT molecular complexity index is 755. The van der Waals surface area contributed by atoms with Crippen molar-refractivity contribution in [3.63, 3.8) is 0 Å². The first kappa shape index (κ1) is 22.2. The Labute approximate surface area is 179 Å². The van der Waals surface area contributed by atoms with Crippen LogP contribution >= 0.6 is 0 Å². The smallest absolute Gasteiger partial charge is 0.407 e. The van der Waals surface area contributed by atoms with Crippen LogP contribution in [-0.4, -0.2) is 42.4 Å². The highest BCUT2D eigenvalue weighted by atomic mass is 16.5. The second kappa shape index (κ2) is 10.5. The second-order valence-electron chi connectivity index (χ2n) is 8.38. The van der Waals surface area contributed by atoms with E-state index in [4.69, 9.17) is 21.1 Å². The molecule has 2 aliphatic rings. The molecule has 0 atom stereocenters. The van der Waals surface area contributed by atoms with Gasteiger partial charge in [-0.3, -0.25) is 0 Å². The van der Waals surface area contributed by atoms with Crippen molar-refractivity contribution in [1.82, 2.24) is 15.3 Å². The van der Waals surface area contributed by atoms with Crippen LogP contribution in [0.1, 0.15) is 62.8 Å². The average molecular weight is 418 g/mol. The summed E-state index contributed by atoms with van der Waals surface area (Å²) in [6, 6.07) is 3.72. The normalized spacial score (nSPS) is 18.2. The maximum Gasteiger partial charge on any atom is 0.407 e. The van der Waals surface area contributed by atoms with Crippen molar-refractivity contribution in [2.45, 2.75) is 64.4 Å². The van der Waals surface area contributed by atoms with E-state index in [0.717, 1.165) is 37.1 Å². The predicted molar refractivity (Wildman–Crippen MR) is 116 cm³/mol. The van der Waals surface area contributed by atoms with Gasteiger partial charge in [0.2, 0.25) is 0 Å². The lowest BCUT2D eigenvalue weighted by atomic mass is 9.85. The number of nitrogens with zero attached hydrogens (tertiary/aromatic N) is 2. The second-order valence-corrected chi connectivity index (χ2v) is 8.38. The molecule has 2 saturated carbocycles. The molecule has 0 aliphatic heterocycles. The highest BCUT2D eigenvalue weighted by molar-refractivity contribution is 5.68. The molecule has 0 aromatic carbocycles. The van der Waals surface area contributed by atoms with Gasteiger partial charge in [0.25, 0.3) is 0 Å². The zero-order valence-corrected chi connectivity index (χ0v) is 18.2. The molecule has 30 heavy (non-hydrogen) atoms. The predicted octanol–water partition coefficient (Wildman–Crippen LogP) is 3.06. The third kappa shape index (κ3) is 6.01. The lowest BCUT2D eigenvalue weighted by molar-refractivity contribution is 0.143. The van der Waals surface area contributed by atoms with Crippen molar-refractivity contribution in [2.75, 3.05) is 20.2 Å². The molecule has 0 bridgehead atoms. The number of nitrogens with one attached hydrogen (secondary N) is 1. The summed E-state index contributed by atoms with van der Waals surface area (Å²) < 4.78 is 11.5. The highest BCUT2D eigenvalue weighted by Crippen LogP contribution is 2.27. The molecular weight excluding hydrogens is 382 g/mol. The van der Waals surface area contributed by atoms with E-state index in [1.807, 2.05) is 19.1 Å². The number of amides is 1. The Morgan fingerprint density at radius 2 is 1.93 bits per heavy atom. The maximum absolute atomic E-state index is 12.0.